The van der Waals surface area contributed by atoms with Crippen LogP contribution in [0.25, 0.3) is 0 Å². The van der Waals surface area contributed by atoms with Gasteiger partial charge in [0, 0.05) is 23.9 Å². The maximum atomic E-state index is 12.1. The van der Waals surface area contributed by atoms with Gasteiger partial charge in [0.1, 0.15) is 11.6 Å². The number of hydrogen-bond donors (Lipinski definition) is 5. The number of nitrogens with two attached hydrogens (primary N) is 1. The third-order valence-electron chi connectivity index (χ3n) is 3.58. The Kier molecular flexibility index (Phi) is 6.34. The van der Waals surface area contributed by atoms with Gasteiger partial charge in [-0.2, -0.15) is 0 Å². The number of anilines is 2. The lowest BCUT2D eigenvalue weighted by Crippen LogP contribution is -2.29. The number of carbonyl (C=O) groups excluding carboxylic acids is 1. The first-order valence-corrected chi connectivity index (χ1v) is 7.70. The molecule has 0 saturated carbocycles. The summed E-state index contributed by atoms with van der Waals surface area (Å²) in [4.78, 5) is 16.2. The van der Waals surface area contributed by atoms with Crippen LogP contribution in [-0.2, 0) is 17.9 Å². The second kappa shape index (κ2) is 8.67. The minimum Gasteiger partial charge on any atom is -0.496 e. The molecular formula is C17H21N5O4. The fraction of sp³-hybridized carbons (Fsp3) is 0.235. The van der Waals surface area contributed by atoms with E-state index in [1.54, 1.807) is 13.2 Å². The van der Waals surface area contributed by atoms with E-state index in [2.05, 4.69) is 15.6 Å². The topological polar surface area (TPSA) is 143 Å². The third-order valence-corrected chi connectivity index (χ3v) is 3.58. The number of benzene rings is 1. The van der Waals surface area contributed by atoms with Crippen molar-refractivity contribution in [3.8, 4) is 5.75 Å². The second-order valence-electron chi connectivity index (χ2n) is 5.23. The van der Waals surface area contributed by atoms with Gasteiger partial charge in [0.2, 0.25) is 5.90 Å². The molecule has 1 aromatic carbocycles. The van der Waals surface area contributed by atoms with Gasteiger partial charge in [-0.05, 0) is 6.07 Å². The first-order chi connectivity index (χ1) is 12.5. The number of nitrogens with zero attached hydrogens (tertiary/aromatic N) is 1. The lowest BCUT2D eigenvalue weighted by molar-refractivity contribution is 0.251. The van der Waals surface area contributed by atoms with Crippen LogP contribution < -0.4 is 21.1 Å². The van der Waals surface area contributed by atoms with E-state index in [4.69, 9.17) is 20.6 Å². The Morgan fingerprint density at radius 2 is 2.08 bits per heavy atom. The summed E-state index contributed by atoms with van der Waals surface area (Å²) in [6.45, 7) is -0.200. The first-order valence-electron chi connectivity index (χ1n) is 7.70. The maximum Gasteiger partial charge on any atom is 0.320 e. The number of aromatic nitrogens is 1. The highest BCUT2D eigenvalue weighted by molar-refractivity contribution is 5.99. The fourth-order valence-electron chi connectivity index (χ4n) is 2.35. The molecule has 0 aliphatic heterocycles. The Morgan fingerprint density at radius 1 is 1.35 bits per heavy atom. The van der Waals surface area contributed by atoms with Gasteiger partial charge in [0.05, 0.1) is 32.1 Å². The molecule has 1 heterocycles. The first kappa shape index (κ1) is 19.0. The number of aliphatic hydroxyl groups is 1. The number of nitrogens with one attached hydrogen (secondary N) is 3. The zero-order chi connectivity index (χ0) is 19.1. The van der Waals surface area contributed by atoms with Crippen molar-refractivity contribution in [2.45, 2.75) is 13.2 Å². The molecule has 2 aromatic rings. The SMILES string of the molecule is COC(=N)c1c(N)cc(NC(=O)NCc2ccccc2OC)nc1CO. The van der Waals surface area contributed by atoms with E-state index in [1.165, 1.54) is 13.2 Å². The number of hydrogen-bond acceptors (Lipinski definition) is 7. The summed E-state index contributed by atoms with van der Waals surface area (Å²) in [5, 5.41) is 22.4. The normalized spacial score (nSPS) is 10.1. The quantitative estimate of drug-likeness (QED) is 0.390. The molecule has 9 heteroatoms. The average Bonchev–Trinajstić information content (AvgIpc) is 2.65. The summed E-state index contributed by atoms with van der Waals surface area (Å²) in [7, 11) is 2.88. The Hall–Kier alpha value is -3.33. The monoisotopic (exact) mass is 359 g/mol. The molecule has 2 amide bonds. The van der Waals surface area contributed by atoms with Crippen molar-refractivity contribution in [3.63, 3.8) is 0 Å². The Morgan fingerprint density at radius 3 is 2.73 bits per heavy atom. The molecule has 26 heavy (non-hydrogen) atoms. The van der Waals surface area contributed by atoms with Crippen molar-refractivity contribution < 1.29 is 19.4 Å². The van der Waals surface area contributed by atoms with Crippen molar-refractivity contribution in [2.75, 3.05) is 25.3 Å². The highest BCUT2D eigenvalue weighted by Gasteiger charge is 2.16. The highest BCUT2D eigenvalue weighted by atomic mass is 16.5. The fourth-order valence-corrected chi connectivity index (χ4v) is 2.35. The predicted molar refractivity (Wildman–Crippen MR) is 97.3 cm³/mol. The van der Waals surface area contributed by atoms with Crippen LogP contribution in [0, 0.1) is 5.41 Å². The van der Waals surface area contributed by atoms with Crippen LogP contribution >= 0.6 is 0 Å². The van der Waals surface area contributed by atoms with E-state index in [0.29, 0.717) is 5.75 Å². The molecule has 0 unspecified atom stereocenters. The van der Waals surface area contributed by atoms with Crippen LogP contribution in [0.3, 0.4) is 0 Å². The zero-order valence-electron chi connectivity index (χ0n) is 14.5. The molecular weight excluding hydrogens is 338 g/mol. The molecule has 0 aliphatic rings. The summed E-state index contributed by atoms with van der Waals surface area (Å²) >= 11 is 0. The van der Waals surface area contributed by atoms with E-state index in [0.717, 1.165) is 5.56 Å². The van der Waals surface area contributed by atoms with Gasteiger partial charge in [0.25, 0.3) is 0 Å². The van der Waals surface area contributed by atoms with Gasteiger partial charge in [-0.15, -0.1) is 0 Å². The number of nitrogen functional groups attached to an aromatic ring is 1. The van der Waals surface area contributed by atoms with Crippen molar-refractivity contribution in [2.24, 2.45) is 0 Å². The summed E-state index contributed by atoms with van der Waals surface area (Å²) in [6.07, 6.45) is 0. The number of aliphatic hydroxyl groups excluding tert-OH is 1. The van der Waals surface area contributed by atoms with E-state index >= 15 is 0 Å². The number of pyridine rings is 1. The summed E-state index contributed by atoms with van der Waals surface area (Å²) in [5.74, 6) is 0.600. The van der Waals surface area contributed by atoms with Gasteiger partial charge in [0.15, 0.2) is 0 Å². The summed E-state index contributed by atoms with van der Waals surface area (Å²) in [5.41, 5.74) is 7.20. The molecule has 1 aromatic heterocycles. The Labute approximate surface area is 150 Å². The van der Waals surface area contributed by atoms with Crippen LogP contribution in [0.1, 0.15) is 16.8 Å². The number of para-hydroxylation sites is 1. The van der Waals surface area contributed by atoms with Crippen LogP contribution in [0.5, 0.6) is 5.75 Å². The maximum absolute atomic E-state index is 12.1. The highest BCUT2D eigenvalue weighted by Crippen LogP contribution is 2.21. The molecule has 0 spiro atoms. The van der Waals surface area contributed by atoms with Gasteiger partial charge in [-0.1, -0.05) is 18.2 Å². The molecule has 0 radical (unpaired) electrons. The third kappa shape index (κ3) is 4.39. The number of amides is 2. The van der Waals surface area contributed by atoms with Gasteiger partial charge >= 0.3 is 6.03 Å². The van der Waals surface area contributed by atoms with Crippen LogP contribution in [0.2, 0.25) is 0 Å². The lowest BCUT2D eigenvalue weighted by atomic mass is 10.1. The van der Waals surface area contributed by atoms with Crippen molar-refractivity contribution >= 4 is 23.4 Å². The van der Waals surface area contributed by atoms with E-state index < -0.39 is 12.6 Å². The molecule has 0 fully saturated rings. The second-order valence-corrected chi connectivity index (χ2v) is 5.23. The molecule has 9 nitrogen and oxygen atoms in total. The van der Waals surface area contributed by atoms with E-state index in [-0.39, 0.29) is 35.2 Å². The van der Waals surface area contributed by atoms with Crippen molar-refractivity contribution in [1.82, 2.24) is 10.3 Å². The standard InChI is InChI=1S/C17H21N5O4/c1-25-13-6-4-3-5-10(13)8-20-17(24)22-14-7-11(18)15(16(19)26-2)12(9-23)21-14/h3-7,19,23H,8-9H2,1-2H3,(H4,18,20,21,22,24). The van der Waals surface area contributed by atoms with Crippen molar-refractivity contribution in [1.29, 1.82) is 5.41 Å². The zero-order valence-corrected chi connectivity index (χ0v) is 14.5. The minimum absolute atomic E-state index is 0.136. The summed E-state index contributed by atoms with van der Waals surface area (Å²) < 4.78 is 10.1. The van der Waals surface area contributed by atoms with Gasteiger partial charge < -0.3 is 25.6 Å². The van der Waals surface area contributed by atoms with E-state index in [9.17, 15) is 9.90 Å². The molecule has 0 atom stereocenters. The molecule has 6 N–H and O–H groups in total. The molecule has 2 rings (SSSR count). The molecule has 138 valence electrons. The number of urea groups is 1. The Bertz CT molecular complexity index is 810. The minimum atomic E-state index is -0.499. The lowest BCUT2D eigenvalue weighted by Gasteiger charge is -2.14. The number of rotatable bonds is 6. The largest absolute Gasteiger partial charge is 0.496 e. The van der Waals surface area contributed by atoms with Crippen molar-refractivity contribution in [3.05, 3.63) is 47.2 Å². The Balaban J connectivity index is 2.09. The van der Waals surface area contributed by atoms with Gasteiger partial charge in [-0.25, -0.2) is 9.78 Å². The number of ether oxygens (including phenoxy) is 2. The smallest absolute Gasteiger partial charge is 0.320 e. The average molecular weight is 359 g/mol. The van der Waals surface area contributed by atoms with Crippen LogP contribution in [0.15, 0.2) is 30.3 Å². The summed E-state index contributed by atoms with van der Waals surface area (Å²) in [6, 6.07) is 8.21. The van der Waals surface area contributed by atoms with Crippen LogP contribution in [-0.4, -0.2) is 36.2 Å². The van der Waals surface area contributed by atoms with Gasteiger partial charge in [-0.3, -0.25) is 10.7 Å². The number of methoxy groups -OCH3 is 2. The predicted octanol–water partition coefficient (Wildman–Crippen LogP) is 1.46. The molecule has 0 bridgehead atoms. The molecule has 0 aliphatic carbocycles. The number of carbonyl (C=O) groups is 1. The van der Waals surface area contributed by atoms with Crippen LogP contribution in [0.4, 0.5) is 16.3 Å². The van der Waals surface area contributed by atoms with E-state index in [1.807, 2.05) is 18.2 Å². The molecule has 0 saturated heterocycles.